The van der Waals surface area contributed by atoms with Crippen LogP contribution in [0.1, 0.15) is 24.1 Å². The number of oxazole rings is 1. The Balaban J connectivity index is 1.33. The lowest BCUT2D eigenvalue weighted by atomic mass is 10.1. The van der Waals surface area contributed by atoms with Crippen LogP contribution in [0.15, 0.2) is 59.5 Å². The Bertz CT molecular complexity index is 1220. The normalized spacial score (nSPS) is 15.6. The van der Waals surface area contributed by atoms with Gasteiger partial charge in [0.05, 0.1) is 13.2 Å². The van der Waals surface area contributed by atoms with Crippen LogP contribution in [-0.2, 0) is 4.74 Å². The zero-order valence-electron chi connectivity index (χ0n) is 18.2. The van der Waals surface area contributed by atoms with Gasteiger partial charge in [-0.25, -0.2) is 9.97 Å². The Hall–Kier alpha value is -3.49. The van der Waals surface area contributed by atoms with Crippen molar-refractivity contribution in [2.45, 2.75) is 19.9 Å². The average Bonchev–Trinajstić information content (AvgIpc) is 3.29. The van der Waals surface area contributed by atoms with Gasteiger partial charge in [-0.1, -0.05) is 12.1 Å². The summed E-state index contributed by atoms with van der Waals surface area (Å²) in [6, 6.07) is 14.5. The topological polar surface area (TPSA) is 88.3 Å². The van der Waals surface area contributed by atoms with Crippen LogP contribution < -0.4 is 10.6 Å². The third-order valence-corrected chi connectivity index (χ3v) is 5.78. The summed E-state index contributed by atoms with van der Waals surface area (Å²) in [6.45, 7) is 7.70. The fraction of sp³-hybridized carbons (Fsp3) is 0.292. The van der Waals surface area contributed by atoms with Gasteiger partial charge in [-0.3, -0.25) is 4.90 Å². The molecule has 4 aromatic rings. The molecule has 0 aliphatic carbocycles. The fourth-order valence-electron chi connectivity index (χ4n) is 3.88. The first kappa shape index (κ1) is 20.4. The molecule has 2 aromatic carbocycles. The molecule has 8 heteroatoms. The Morgan fingerprint density at radius 1 is 1.00 bits per heavy atom. The molecule has 0 spiro atoms. The monoisotopic (exact) mass is 430 g/mol. The van der Waals surface area contributed by atoms with E-state index in [1.54, 1.807) is 0 Å². The van der Waals surface area contributed by atoms with Gasteiger partial charge >= 0.3 is 0 Å². The second-order valence-corrected chi connectivity index (χ2v) is 7.96. The molecule has 8 nitrogen and oxygen atoms in total. The van der Waals surface area contributed by atoms with Gasteiger partial charge in [-0.05, 0) is 49.7 Å². The van der Waals surface area contributed by atoms with E-state index in [2.05, 4.69) is 50.6 Å². The molecule has 3 heterocycles. The van der Waals surface area contributed by atoms with E-state index >= 15 is 0 Å². The lowest BCUT2D eigenvalue weighted by molar-refractivity contribution is 0.0199. The molecule has 0 saturated carbocycles. The van der Waals surface area contributed by atoms with Crippen molar-refractivity contribution in [2.75, 3.05) is 36.9 Å². The standard InChI is InChI=1S/C24H26N6O2/c1-16-14-25-24(29-23(16)27-20-6-7-22-21(13-20)26-15-32-22)28-19-5-3-4-18(12-19)17(2)30-8-10-31-11-9-30/h3-7,12-15,17H,8-11H2,1-2H3,(H2,25,27,28,29). The molecule has 2 aromatic heterocycles. The van der Waals surface area contributed by atoms with Crippen LogP contribution >= 0.6 is 0 Å². The Morgan fingerprint density at radius 2 is 1.84 bits per heavy atom. The fourth-order valence-corrected chi connectivity index (χ4v) is 3.88. The van der Waals surface area contributed by atoms with Crippen LogP contribution in [0.3, 0.4) is 0 Å². The van der Waals surface area contributed by atoms with Gasteiger partial charge in [0, 0.05) is 42.3 Å². The number of rotatable bonds is 6. The van der Waals surface area contributed by atoms with Gasteiger partial charge in [-0.2, -0.15) is 4.98 Å². The van der Waals surface area contributed by atoms with Gasteiger partial charge in [0.1, 0.15) is 11.3 Å². The Labute approximate surface area is 186 Å². The number of nitrogens with zero attached hydrogens (tertiary/aromatic N) is 4. The number of hydrogen-bond donors (Lipinski definition) is 2. The molecule has 0 radical (unpaired) electrons. The van der Waals surface area contributed by atoms with E-state index in [1.807, 2.05) is 37.4 Å². The summed E-state index contributed by atoms with van der Waals surface area (Å²) in [5, 5.41) is 6.71. The van der Waals surface area contributed by atoms with Gasteiger partial charge in [0.2, 0.25) is 5.95 Å². The SMILES string of the molecule is Cc1cnc(Nc2cccc(C(C)N3CCOCC3)c2)nc1Nc1ccc2ocnc2c1. The predicted molar refractivity (Wildman–Crippen MR) is 125 cm³/mol. The molecule has 1 atom stereocenters. The summed E-state index contributed by atoms with van der Waals surface area (Å²) >= 11 is 0. The minimum Gasteiger partial charge on any atom is -0.443 e. The van der Waals surface area contributed by atoms with Crippen LogP contribution in [-0.4, -0.2) is 46.2 Å². The Morgan fingerprint density at radius 3 is 2.72 bits per heavy atom. The Kier molecular flexibility index (Phi) is 5.70. The largest absolute Gasteiger partial charge is 0.443 e. The van der Waals surface area contributed by atoms with Gasteiger partial charge < -0.3 is 19.8 Å². The van der Waals surface area contributed by atoms with Crippen molar-refractivity contribution in [3.8, 4) is 0 Å². The second-order valence-electron chi connectivity index (χ2n) is 7.96. The number of fused-ring (bicyclic) bond motifs is 1. The summed E-state index contributed by atoms with van der Waals surface area (Å²) in [6.07, 6.45) is 3.26. The van der Waals surface area contributed by atoms with Crippen molar-refractivity contribution >= 4 is 34.2 Å². The third-order valence-electron chi connectivity index (χ3n) is 5.78. The highest BCUT2D eigenvalue weighted by atomic mass is 16.5. The summed E-state index contributed by atoms with van der Waals surface area (Å²) < 4.78 is 10.8. The van der Waals surface area contributed by atoms with Gasteiger partial charge in [0.25, 0.3) is 0 Å². The summed E-state index contributed by atoms with van der Waals surface area (Å²) in [7, 11) is 0. The molecular formula is C24H26N6O2. The van der Waals surface area contributed by atoms with Crippen molar-refractivity contribution in [1.82, 2.24) is 19.9 Å². The van der Waals surface area contributed by atoms with Crippen molar-refractivity contribution in [3.05, 3.63) is 66.2 Å². The van der Waals surface area contributed by atoms with Crippen molar-refractivity contribution in [3.63, 3.8) is 0 Å². The van der Waals surface area contributed by atoms with E-state index in [-0.39, 0.29) is 0 Å². The molecule has 0 amide bonds. The summed E-state index contributed by atoms with van der Waals surface area (Å²) in [4.78, 5) is 15.8. The number of ether oxygens (including phenoxy) is 1. The van der Waals surface area contributed by atoms with Crippen LogP contribution in [0.5, 0.6) is 0 Å². The first-order chi connectivity index (χ1) is 15.7. The number of hydrogen-bond acceptors (Lipinski definition) is 8. The van der Waals surface area contributed by atoms with Crippen LogP contribution in [0.2, 0.25) is 0 Å². The average molecular weight is 431 g/mol. The maximum Gasteiger partial charge on any atom is 0.229 e. The highest BCUT2D eigenvalue weighted by molar-refractivity contribution is 5.78. The molecule has 1 saturated heterocycles. The molecule has 1 aliphatic rings. The molecule has 1 unspecified atom stereocenters. The van der Waals surface area contributed by atoms with E-state index in [1.165, 1.54) is 12.0 Å². The quantitative estimate of drug-likeness (QED) is 0.451. The summed E-state index contributed by atoms with van der Waals surface area (Å²) in [5.41, 5.74) is 5.60. The molecule has 0 bridgehead atoms. The highest BCUT2D eigenvalue weighted by Crippen LogP contribution is 2.26. The number of anilines is 4. The molecule has 32 heavy (non-hydrogen) atoms. The maximum absolute atomic E-state index is 5.48. The first-order valence-corrected chi connectivity index (χ1v) is 10.8. The number of aryl methyl sites for hydroxylation is 1. The lowest BCUT2D eigenvalue weighted by Crippen LogP contribution is -2.38. The minimum absolute atomic E-state index is 0.322. The first-order valence-electron chi connectivity index (χ1n) is 10.8. The van der Waals surface area contributed by atoms with Crippen molar-refractivity contribution in [2.24, 2.45) is 0 Å². The highest BCUT2D eigenvalue weighted by Gasteiger charge is 2.18. The zero-order chi connectivity index (χ0) is 21.9. The summed E-state index contributed by atoms with van der Waals surface area (Å²) in [5.74, 6) is 1.28. The van der Waals surface area contributed by atoms with Crippen molar-refractivity contribution in [1.29, 1.82) is 0 Å². The van der Waals surface area contributed by atoms with Gasteiger partial charge in [-0.15, -0.1) is 0 Å². The van der Waals surface area contributed by atoms with E-state index < -0.39 is 0 Å². The minimum atomic E-state index is 0.322. The number of nitrogens with one attached hydrogen (secondary N) is 2. The third kappa shape index (κ3) is 4.42. The van der Waals surface area contributed by atoms with Crippen LogP contribution in [0.4, 0.5) is 23.1 Å². The smallest absolute Gasteiger partial charge is 0.229 e. The van der Waals surface area contributed by atoms with Crippen LogP contribution in [0, 0.1) is 6.92 Å². The van der Waals surface area contributed by atoms with E-state index in [0.29, 0.717) is 12.0 Å². The molecular weight excluding hydrogens is 404 g/mol. The number of aromatic nitrogens is 3. The van der Waals surface area contributed by atoms with E-state index in [0.717, 1.165) is 60.2 Å². The maximum atomic E-state index is 5.48. The zero-order valence-corrected chi connectivity index (χ0v) is 18.2. The predicted octanol–water partition coefficient (Wildman–Crippen LogP) is 4.81. The molecule has 5 rings (SSSR count). The van der Waals surface area contributed by atoms with E-state index in [9.17, 15) is 0 Å². The van der Waals surface area contributed by atoms with Gasteiger partial charge in [0.15, 0.2) is 12.0 Å². The van der Waals surface area contributed by atoms with Crippen LogP contribution in [0.25, 0.3) is 11.1 Å². The number of morpholine rings is 1. The molecule has 164 valence electrons. The molecule has 2 N–H and O–H groups in total. The molecule has 1 fully saturated rings. The second kappa shape index (κ2) is 8.94. The molecule has 1 aliphatic heterocycles. The lowest BCUT2D eigenvalue weighted by Gasteiger charge is -2.32. The van der Waals surface area contributed by atoms with E-state index in [4.69, 9.17) is 14.1 Å². The van der Waals surface area contributed by atoms with Crippen molar-refractivity contribution < 1.29 is 9.15 Å². The number of benzene rings is 2.